The molecule has 0 aliphatic heterocycles. The van der Waals surface area contributed by atoms with Crippen LogP contribution in [0.3, 0.4) is 0 Å². The van der Waals surface area contributed by atoms with Gasteiger partial charge in [-0.2, -0.15) is 0 Å². The highest BCUT2D eigenvalue weighted by atomic mass is 16.4. The van der Waals surface area contributed by atoms with Gasteiger partial charge in [-0.05, 0) is 25.2 Å². The van der Waals surface area contributed by atoms with Gasteiger partial charge in [0.15, 0.2) is 0 Å². The van der Waals surface area contributed by atoms with E-state index in [1.807, 2.05) is 0 Å². The van der Waals surface area contributed by atoms with Crippen molar-refractivity contribution >= 4 is 5.97 Å². The van der Waals surface area contributed by atoms with Crippen LogP contribution < -0.4 is 0 Å². The van der Waals surface area contributed by atoms with Gasteiger partial charge in [0.25, 0.3) is 0 Å². The Morgan fingerprint density at radius 1 is 0.864 bits per heavy atom. The highest BCUT2D eigenvalue weighted by molar-refractivity contribution is 5.66. The van der Waals surface area contributed by atoms with Gasteiger partial charge in [0.2, 0.25) is 0 Å². The molecule has 0 aromatic carbocycles. The highest BCUT2D eigenvalue weighted by Gasteiger charge is 2.10. The van der Waals surface area contributed by atoms with Crippen molar-refractivity contribution in [2.75, 3.05) is 0 Å². The van der Waals surface area contributed by atoms with Gasteiger partial charge in [0.1, 0.15) is 0 Å². The van der Waals surface area contributed by atoms with E-state index in [9.17, 15) is 9.90 Å². The summed E-state index contributed by atoms with van der Waals surface area (Å²) < 4.78 is 0. The number of carboxylic acids is 1. The lowest BCUT2D eigenvalue weighted by molar-refractivity contribution is -0.137. The molecule has 0 radical (unpaired) electrons. The number of unbranched alkanes of at least 4 members (excludes halogenated alkanes) is 8. The Morgan fingerprint density at radius 3 is 2.05 bits per heavy atom. The van der Waals surface area contributed by atoms with Gasteiger partial charge in [-0.3, -0.25) is 4.79 Å². The van der Waals surface area contributed by atoms with E-state index in [2.05, 4.69) is 13.8 Å². The van der Waals surface area contributed by atoms with Crippen molar-refractivity contribution in [3.05, 3.63) is 0 Å². The van der Waals surface area contributed by atoms with Crippen LogP contribution in [0.2, 0.25) is 0 Å². The molecule has 3 heteroatoms. The summed E-state index contributed by atoms with van der Waals surface area (Å²) in [5.74, 6) is -0.0864. The maximum absolute atomic E-state index is 10.4. The second-order valence-corrected chi connectivity index (χ2v) is 6.90. The number of hydrogen-bond acceptors (Lipinski definition) is 2. The van der Waals surface area contributed by atoms with Crippen LogP contribution >= 0.6 is 0 Å². The van der Waals surface area contributed by atoms with Gasteiger partial charge in [0, 0.05) is 6.42 Å². The van der Waals surface area contributed by atoms with E-state index in [-0.39, 0.29) is 12.5 Å². The fraction of sp³-hybridized carbons (Fsp3) is 0.947. The lowest BCUT2D eigenvalue weighted by Gasteiger charge is -2.16. The predicted octanol–water partition coefficient (Wildman–Crippen LogP) is 5.55. The summed E-state index contributed by atoms with van der Waals surface area (Å²) in [5, 5.41) is 18.6. The molecule has 0 bridgehead atoms. The molecule has 22 heavy (non-hydrogen) atoms. The number of aliphatic carboxylic acids is 1. The fourth-order valence-corrected chi connectivity index (χ4v) is 2.98. The van der Waals surface area contributed by atoms with Crippen molar-refractivity contribution in [2.24, 2.45) is 5.92 Å². The topological polar surface area (TPSA) is 57.5 Å². The van der Waals surface area contributed by atoms with E-state index in [1.165, 1.54) is 44.9 Å². The Labute approximate surface area is 137 Å². The monoisotopic (exact) mass is 314 g/mol. The van der Waals surface area contributed by atoms with E-state index in [0.717, 1.165) is 38.5 Å². The zero-order valence-corrected chi connectivity index (χ0v) is 14.9. The van der Waals surface area contributed by atoms with Crippen molar-refractivity contribution in [1.82, 2.24) is 0 Å². The molecule has 0 amide bonds. The first kappa shape index (κ1) is 21.4. The standard InChI is InChI=1S/C19H38O3/c1-3-4-5-6-7-10-13-17(2)16-18(20)14-11-8-9-12-15-19(21)22/h17-18,20H,3-16H2,1-2H3,(H,21,22). The summed E-state index contributed by atoms with van der Waals surface area (Å²) in [4.78, 5) is 10.4. The van der Waals surface area contributed by atoms with Gasteiger partial charge in [-0.1, -0.05) is 78.1 Å². The molecule has 2 N–H and O–H groups in total. The number of hydrogen-bond donors (Lipinski definition) is 2. The molecule has 3 nitrogen and oxygen atoms in total. The summed E-state index contributed by atoms with van der Waals surface area (Å²) in [5.41, 5.74) is 0. The molecule has 0 heterocycles. The maximum atomic E-state index is 10.4. The zero-order chi connectivity index (χ0) is 16.6. The van der Waals surface area contributed by atoms with Crippen molar-refractivity contribution < 1.29 is 15.0 Å². The molecule has 0 saturated carbocycles. The largest absolute Gasteiger partial charge is 0.481 e. The third kappa shape index (κ3) is 15.8. The van der Waals surface area contributed by atoms with Crippen molar-refractivity contribution in [3.63, 3.8) is 0 Å². The van der Waals surface area contributed by atoms with Crippen LogP contribution in [0.25, 0.3) is 0 Å². The number of aliphatic hydroxyl groups is 1. The molecular formula is C19H38O3. The molecule has 0 aliphatic rings. The first-order chi connectivity index (χ1) is 10.6. The van der Waals surface area contributed by atoms with Crippen molar-refractivity contribution in [1.29, 1.82) is 0 Å². The molecule has 0 aromatic rings. The van der Waals surface area contributed by atoms with Gasteiger partial charge < -0.3 is 10.2 Å². The van der Waals surface area contributed by atoms with E-state index < -0.39 is 5.97 Å². The molecule has 0 spiro atoms. The van der Waals surface area contributed by atoms with Gasteiger partial charge in [-0.25, -0.2) is 0 Å². The Hall–Kier alpha value is -0.570. The quantitative estimate of drug-likeness (QED) is 0.367. The summed E-state index contributed by atoms with van der Waals surface area (Å²) >= 11 is 0. The third-order valence-corrected chi connectivity index (χ3v) is 4.40. The van der Waals surface area contributed by atoms with E-state index >= 15 is 0 Å². The van der Waals surface area contributed by atoms with Gasteiger partial charge in [0.05, 0.1) is 6.10 Å². The Bertz CT molecular complexity index is 253. The first-order valence-corrected chi connectivity index (χ1v) is 9.46. The summed E-state index contributed by atoms with van der Waals surface area (Å²) in [6.45, 7) is 4.50. The minimum Gasteiger partial charge on any atom is -0.481 e. The lowest BCUT2D eigenvalue weighted by Crippen LogP contribution is -2.11. The van der Waals surface area contributed by atoms with E-state index in [0.29, 0.717) is 5.92 Å². The van der Waals surface area contributed by atoms with Crippen LogP contribution in [0.4, 0.5) is 0 Å². The van der Waals surface area contributed by atoms with Crippen LogP contribution in [0, 0.1) is 5.92 Å². The van der Waals surface area contributed by atoms with E-state index in [1.54, 1.807) is 0 Å². The van der Waals surface area contributed by atoms with Gasteiger partial charge in [-0.15, -0.1) is 0 Å². The van der Waals surface area contributed by atoms with Crippen molar-refractivity contribution in [2.45, 2.75) is 110 Å². The van der Waals surface area contributed by atoms with Crippen LogP contribution in [-0.4, -0.2) is 22.3 Å². The van der Waals surface area contributed by atoms with Crippen LogP contribution in [-0.2, 0) is 4.79 Å². The number of carbonyl (C=O) groups is 1. The lowest BCUT2D eigenvalue weighted by atomic mass is 9.94. The zero-order valence-electron chi connectivity index (χ0n) is 14.9. The molecule has 0 rings (SSSR count). The Morgan fingerprint density at radius 2 is 1.41 bits per heavy atom. The number of aliphatic hydroxyl groups excluding tert-OH is 1. The molecule has 0 fully saturated rings. The number of rotatable bonds is 16. The summed E-state index contributed by atoms with van der Waals surface area (Å²) in [6.07, 6.45) is 14.9. The Kier molecular flexibility index (Phi) is 14.9. The second kappa shape index (κ2) is 15.3. The SMILES string of the molecule is CCCCCCCCC(C)CC(O)CCCCCCC(=O)O. The minimum atomic E-state index is -0.705. The third-order valence-electron chi connectivity index (χ3n) is 4.40. The van der Waals surface area contributed by atoms with Gasteiger partial charge >= 0.3 is 5.97 Å². The average Bonchev–Trinajstić information content (AvgIpc) is 2.46. The molecule has 0 aromatic heterocycles. The summed E-state index contributed by atoms with van der Waals surface area (Å²) in [6, 6.07) is 0. The highest BCUT2D eigenvalue weighted by Crippen LogP contribution is 2.19. The predicted molar refractivity (Wildman–Crippen MR) is 93.1 cm³/mol. The smallest absolute Gasteiger partial charge is 0.303 e. The summed E-state index contributed by atoms with van der Waals surface area (Å²) in [7, 11) is 0. The molecule has 132 valence electrons. The minimum absolute atomic E-state index is 0.172. The molecule has 2 unspecified atom stereocenters. The van der Waals surface area contributed by atoms with Crippen LogP contribution in [0.15, 0.2) is 0 Å². The Balaban J connectivity index is 3.38. The van der Waals surface area contributed by atoms with Crippen LogP contribution in [0.1, 0.15) is 104 Å². The fourth-order valence-electron chi connectivity index (χ4n) is 2.98. The first-order valence-electron chi connectivity index (χ1n) is 9.46. The molecule has 0 aliphatic carbocycles. The van der Waals surface area contributed by atoms with Crippen LogP contribution in [0.5, 0.6) is 0 Å². The van der Waals surface area contributed by atoms with Crippen molar-refractivity contribution in [3.8, 4) is 0 Å². The maximum Gasteiger partial charge on any atom is 0.303 e. The van der Waals surface area contributed by atoms with E-state index in [4.69, 9.17) is 5.11 Å². The number of carboxylic acid groups (broad SMARTS) is 1. The normalized spacial score (nSPS) is 14.0. The average molecular weight is 315 g/mol. The second-order valence-electron chi connectivity index (χ2n) is 6.90. The molecule has 2 atom stereocenters. The molecule has 0 saturated heterocycles. The molecular weight excluding hydrogens is 276 g/mol.